The number of hydrogen-bond acceptors (Lipinski definition) is 1. The summed E-state index contributed by atoms with van der Waals surface area (Å²) >= 11 is 0. The van der Waals surface area contributed by atoms with Gasteiger partial charge in [-0.2, -0.15) is 0 Å². The highest BCUT2D eigenvalue weighted by molar-refractivity contribution is 5.35. The van der Waals surface area contributed by atoms with Gasteiger partial charge in [0.25, 0.3) is 0 Å². The van der Waals surface area contributed by atoms with Gasteiger partial charge >= 0.3 is 0 Å². The molecule has 1 aromatic carbocycles. The summed E-state index contributed by atoms with van der Waals surface area (Å²) < 4.78 is 5.71. The Morgan fingerprint density at radius 2 is 2.00 bits per heavy atom. The summed E-state index contributed by atoms with van der Waals surface area (Å²) in [5, 5.41) is 0. The van der Waals surface area contributed by atoms with Gasteiger partial charge in [-0.3, -0.25) is 0 Å². The largest absolute Gasteiger partial charge is 0.493 e. The van der Waals surface area contributed by atoms with Crippen LogP contribution in [-0.2, 0) is 6.42 Å². The van der Waals surface area contributed by atoms with Crippen molar-refractivity contribution in [1.29, 1.82) is 0 Å². The van der Waals surface area contributed by atoms with Crippen LogP contribution in [0.2, 0.25) is 0 Å². The third-order valence-corrected chi connectivity index (χ3v) is 2.84. The predicted molar refractivity (Wildman–Crippen MR) is 74.6 cm³/mol. The lowest BCUT2D eigenvalue weighted by Gasteiger charge is -2.13. The molecule has 0 aromatic heterocycles. The van der Waals surface area contributed by atoms with E-state index in [1.807, 2.05) is 6.08 Å². The summed E-state index contributed by atoms with van der Waals surface area (Å²) in [6, 6.07) is 6.37. The molecule has 0 fully saturated rings. The van der Waals surface area contributed by atoms with Gasteiger partial charge in [-0.05, 0) is 48.4 Å². The number of benzene rings is 1. The number of aryl methyl sites for hydroxylation is 1. The van der Waals surface area contributed by atoms with E-state index >= 15 is 0 Å². The summed E-state index contributed by atoms with van der Waals surface area (Å²) in [6.07, 6.45) is 3.06. The Hall–Kier alpha value is -1.24. The maximum absolute atomic E-state index is 5.71. The number of ether oxygens (including phenoxy) is 1. The van der Waals surface area contributed by atoms with E-state index < -0.39 is 0 Å². The molecule has 1 unspecified atom stereocenters. The molecule has 17 heavy (non-hydrogen) atoms. The summed E-state index contributed by atoms with van der Waals surface area (Å²) in [5.41, 5.74) is 2.69. The molecule has 0 heterocycles. The van der Waals surface area contributed by atoms with Crippen LogP contribution in [0.4, 0.5) is 0 Å². The molecule has 0 aliphatic carbocycles. The molecule has 0 aliphatic rings. The van der Waals surface area contributed by atoms with Crippen molar-refractivity contribution >= 4 is 0 Å². The quantitative estimate of drug-likeness (QED) is 0.661. The van der Waals surface area contributed by atoms with Crippen molar-refractivity contribution in [2.45, 2.75) is 34.1 Å². The molecule has 1 aromatic rings. The second-order valence-corrected chi connectivity index (χ2v) is 5.21. The van der Waals surface area contributed by atoms with Crippen LogP contribution in [0.15, 0.2) is 30.9 Å². The van der Waals surface area contributed by atoms with Gasteiger partial charge in [0.1, 0.15) is 5.75 Å². The van der Waals surface area contributed by atoms with Gasteiger partial charge in [-0.25, -0.2) is 0 Å². The van der Waals surface area contributed by atoms with Gasteiger partial charge in [-0.1, -0.05) is 32.9 Å². The highest BCUT2D eigenvalue weighted by atomic mass is 16.5. The van der Waals surface area contributed by atoms with Crippen molar-refractivity contribution in [3.8, 4) is 5.75 Å². The summed E-state index contributed by atoms with van der Waals surface area (Å²) in [4.78, 5) is 0. The zero-order valence-corrected chi connectivity index (χ0v) is 11.5. The molecule has 1 heteroatoms. The van der Waals surface area contributed by atoms with E-state index in [9.17, 15) is 0 Å². The normalized spacial score (nSPS) is 12.5. The first-order valence-electron chi connectivity index (χ1n) is 6.37. The number of rotatable bonds is 6. The van der Waals surface area contributed by atoms with Crippen LogP contribution in [0.1, 0.15) is 31.9 Å². The first-order valence-corrected chi connectivity index (χ1v) is 6.37. The minimum atomic E-state index is 0.524. The van der Waals surface area contributed by atoms with Crippen LogP contribution in [0, 0.1) is 18.8 Å². The van der Waals surface area contributed by atoms with E-state index in [1.54, 1.807) is 0 Å². The fourth-order valence-corrected chi connectivity index (χ4v) is 1.68. The van der Waals surface area contributed by atoms with Crippen LogP contribution in [0.25, 0.3) is 0 Å². The van der Waals surface area contributed by atoms with E-state index in [1.165, 1.54) is 11.1 Å². The second kappa shape index (κ2) is 6.48. The van der Waals surface area contributed by atoms with Crippen LogP contribution < -0.4 is 4.74 Å². The van der Waals surface area contributed by atoms with Gasteiger partial charge in [0.05, 0.1) is 6.61 Å². The molecular weight excluding hydrogens is 208 g/mol. The van der Waals surface area contributed by atoms with Gasteiger partial charge in [0, 0.05) is 0 Å². The van der Waals surface area contributed by atoms with E-state index in [-0.39, 0.29) is 0 Å². The summed E-state index contributed by atoms with van der Waals surface area (Å²) in [6.45, 7) is 13.3. The topological polar surface area (TPSA) is 9.23 Å². The van der Waals surface area contributed by atoms with Crippen molar-refractivity contribution in [2.24, 2.45) is 11.8 Å². The predicted octanol–water partition coefficient (Wildman–Crippen LogP) is 4.39. The zero-order valence-electron chi connectivity index (χ0n) is 11.5. The van der Waals surface area contributed by atoms with Crippen LogP contribution in [0.5, 0.6) is 5.75 Å². The lowest BCUT2D eigenvalue weighted by molar-refractivity contribution is 0.271. The molecule has 0 saturated heterocycles. The van der Waals surface area contributed by atoms with E-state index in [4.69, 9.17) is 4.74 Å². The molecule has 94 valence electrons. The Balaban J connectivity index is 2.68. The molecular formula is C16H24O. The van der Waals surface area contributed by atoms with Gasteiger partial charge in [0.2, 0.25) is 0 Å². The van der Waals surface area contributed by atoms with E-state index in [0.717, 1.165) is 18.8 Å². The maximum atomic E-state index is 5.71. The summed E-state index contributed by atoms with van der Waals surface area (Å²) in [7, 11) is 0. The molecule has 1 rings (SSSR count). The first kappa shape index (κ1) is 13.8. The van der Waals surface area contributed by atoms with Crippen molar-refractivity contribution in [2.75, 3.05) is 6.61 Å². The summed E-state index contributed by atoms with van der Waals surface area (Å²) in [5.74, 6) is 2.07. The smallest absolute Gasteiger partial charge is 0.119 e. The average molecular weight is 232 g/mol. The third kappa shape index (κ3) is 4.64. The van der Waals surface area contributed by atoms with Crippen molar-refractivity contribution < 1.29 is 4.74 Å². The highest BCUT2D eigenvalue weighted by Crippen LogP contribution is 2.20. The first-order chi connectivity index (χ1) is 8.02. The second-order valence-electron chi connectivity index (χ2n) is 5.21. The lowest BCUT2D eigenvalue weighted by Crippen LogP contribution is -2.05. The Kier molecular flexibility index (Phi) is 5.27. The van der Waals surface area contributed by atoms with Crippen molar-refractivity contribution in [1.82, 2.24) is 0 Å². The Morgan fingerprint density at radius 1 is 1.29 bits per heavy atom. The van der Waals surface area contributed by atoms with E-state index in [0.29, 0.717) is 11.8 Å². The highest BCUT2D eigenvalue weighted by Gasteiger charge is 2.05. The molecule has 1 nitrogen and oxygen atoms in total. The van der Waals surface area contributed by atoms with E-state index in [2.05, 4.69) is 52.5 Å². The fraction of sp³-hybridized carbons (Fsp3) is 0.500. The molecule has 0 bridgehead atoms. The Labute approximate surface area is 106 Å². The van der Waals surface area contributed by atoms with Crippen molar-refractivity contribution in [3.63, 3.8) is 0 Å². The minimum absolute atomic E-state index is 0.524. The minimum Gasteiger partial charge on any atom is -0.493 e. The van der Waals surface area contributed by atoms with Crippen LogP contribution in [0.3, 0.4) is 0 Å². The Bertz CT molecular complexity index is 366. The zero-order chi connectivity index (χ0) is 12.8. The monoisotopic (exact) mass is 232 g/mol. The maximum Gasteiger partial charge on any atom is 0.119 e. The van der Waals surface area contributed by atoms with Gasteiger partial charge < -0.3 is 4.74 Å². The Morgan fingerprint density at radius 3 is 2.53 bits per heavy atom. The molecule has 0 saturated carbocycles. The SMILES string of the molecule is C=CC(C)Cc1ccc(OCC(C)C)cc1C. The third-order valence-electron chi connectivity index (χ3n) is 2.84. The van der Waals surface area contributed by atoms with Crippen molar-refractivity contribution in [3.05, 3.63) is 42.0 Å². The average Bonchev–Trinajstić information content (AvgIpc) is 2.29. The fourth-order valence-electron chi connectivity index (χ4n) is 1.68. The molecule has 0 amide bonds. The van der Waals surface area contributed by atoms with Gasteiger partial charge in [-0.15, -0.1) is 6.58 Å². The van der Waals surface area contributed by atoms with Crippen LogP contribution >= 0.6 is 0 Å². The molecule has 0 N–H and O–H groups in total. The molecule has 0 spiro atoms. The standard InChI is InChI=1S/C16H24O/c1-6-13(4)9-15-7-8-16(10-14(15)5)17-11-12(2)3/h6-8,10,12-13H,1,9,11H2,2-5H3. The van der Waals surface area contributed by atoms with Crippen LogP contribution in [-0.4, -0.2) is 6.61 Å². The molecule has 0 radical (unpaired) electrons. The number of hydrogen-bond donors (Lipinski definition) is 0. The molecule has 0 aliphatic heterocycles. The number of allylic oxidation sites excluding steroid dienone is 1. The molecule has 1 atom stereocenters. The lowest BCUT2D eigenvalue weighted by atomic mass is 9.97. The van der Waals surface area contributed by atoms with Gasteiger partial charge in [0.15, 0.2) is 0 Å².